The Bertz CT molecular complexity index is 721. The van der Waals surface area contributed by atoms with Gasteiger partial charge in [-0.2, -0.15) is 0 Å². The Kier molecular flexibility index (Phi) is 4.21. The molecule has 1 N–H and O–H groups in total. The molecule has 1 unspecified atom stereocenters. The number of nitrogens with one attached hydrogen (secondary N) is 1. The van der Waals surface area contributed by atoms with E-state index in [9.17, 15) is 18.4 Å². The van der Waals surface area contributed by atoms with Crippen LogP contribution in [-0.2, 0) is 4.74 Å². The molecule has 0 radical (unpaired) electrons. The Hall–Kier alpha value is -2.44. The third-order valence-electron chi connectivity index (χ3n) is 3.06. The second-order valence-corrected chi connectivity index (χ2v) is 4.42. The van der Waals surface area contributed by atoms with E-state index in [1.54, 1.807) is 6.92 Å². The first-order valence-corrected chi connectivity index (χ1v) is 6.38. The van der Waals surface area contributed by atoms with E-state index in [4.69, 9.17) is 4.74 Å². The molecule has 1 aromatic heterocycles. The highest BCUT2D eigenvalue weighted by molar-refractivity contribution is 5.86. The molecule has 1 aromatic carbocycles. The van der Waals surface area contributed by atoms with Gasteiger partial charge in [0.2, 0.25) is 0 Å². The third kappa shape index (κ3) is 2.86. The fourth-order valence-electron chi connectivity index (χ4n) is 1.99. The summed E-state index contributed by atoms with van der Waals surface area (Å²) in [5, 5.41) is 2.55. The molecule has 112 valence electrons. The maximum absolute atomic E-state index is 13.8. The van der Waals surface area contributed by atoms with Crippen molar-refractivity contribution >= 4 is 5.97 Å². The van der Waals surface area contributed by atoms with Crippen molar-refractivity contribution in [1.29, 1.82) is 0 Å². The summed E-state index contributed by atoms with van der Waals surface area (Å²) in [6, 6.07) is 3.99. The number of aromatic amines is 1. The summed E-state index contributed by atoms with van der Waals surface area (Å²) in [4.78, 5) is 23.4. The molecule has 0 spiro atoms. The molecular formula is C14H14F2N2O3. The molecule has 0 aliphatic carbocycles. The van der Waals surface area contributed by atoms with Crippen molar-refractivity contribution in [3.8, 4) is 0 Å². The van der Waals surface area contributed by atoms with Gasteiger partial charge in [-0.25, -0.2) is 18.3 Å². The molecule has 0 aliphatic heterocycles. The van der Waals surface area contributed by atoms with E-state index in [0.29, 0.717) is 0 Å². The van der Waals surface area contributed by atoms with E-state index < -0.39 is 29.2 Å². The molecule has 1 heterocycles. The first-order chi connectivity index (χ1) is 9.95. The molecule has 0 saturated carbocycles. The first kappa shape index (κ1) is 15.0. The Morgan fingerprint density at radius 1 is 1.43 bits per heavy atom. The number of halogens is 2. The number of esters is 1. The number of aromatic nitrogens is 2. The predicted octanol–water partition coefficient (Wildman–Crippen LogP) is 2.24. The van der Waals surface area contributed by atoms with Crippen LogP contribution in [0.4, 0.5) is 8.78 Å². The minimum absolute atomic E-state index is 0.00867. The summed E-state index contributed by atoms with van der Waals surface area (Å²) in [6.45, 7) is 3.32. The second-order valence-electron chi connectivity index (χ2n) is 4.42. The second kappa shape index (κ2) is 5.90. The summed E-state index contributed by atoms with van der Waals surface area (Å²) in [6.07, 6.45) is 0. The largest absolute Gasteiger partial charge is 0.461 e. The van der Waals surface area contributed by atoms with Gasteiger partial charge in [0.15, 0.2) is 11.6 Å². The van der Waals surface area contributed by atoms with E-state index in [1.807, 2.05) is 0 Å². The molecule has 1 atom stereocenters. The van der Waals surface area contributed by atoms with Crippen LogP contribution in [0.2, 0.25) is 0 Å². The SMILES string of the molecule is CCOC(=O)c1cc(=O)n(C(C)c2cccc(F)c2F)[nH]1. The summed E-state index contributed by atoms with van der Waals surface area (Å²) in [5.74, 6) is -2.70. The lowest BCUT2D eigenvalue weighted by atomic mass is 10.1. The van der Waals surface area contributed by atoms with Crippen LogP contribution >= 0.6 is 0 Å². The zero-order valence-electron chi connectivity index (χ0n) is 11.5. The van der Waals surface area contributed by atoms with Gasteiger partial charge in [0.25, 0.3) is 5.56 Å². The first-order valence-electron chi connectivity index (χ1n) is 6.38. The summed E-state index contributed by atoms with van der Waals surface area (Å²) in [7, 11) is 0. The van der Waals surface area contributed by atoms with E-state index in [1.165, 1.54) is 19.1 Å². The van der Waals surface area contributed by atoms with Crippen molar-refractivity contribution in [2.45, 2.75) is 19.9 Å². The van der Waals surface area contributed by atoms with Gasteiger partial charge in [-0.3, -0.25) is 9.89 Å². The van der Waals surface area contributed by atoms with Crippen LogP contribution in [0.15, 0.2) is 29.1 Å². The highest BCUT2D eigenvalue weighted by Gasteiger charge is 2.20. The predicted molar refractivity (Wildman–Crippen MR) is 71.2 cm³/mol. The van der Waals surface area contributed by atoms with Crippen LogP contribution < -0.4 is 5.56 Å². The maximum atomic E-state index is 13.8. The number of H-pyrrole nitrogens is 1. The van der Waals surface area contributed by atoms with Gasteiger partial charge >= 0.3 is 5.97 Å². The number of hydrogen-bond donors (Lipinski definition) is 1. The van der Waals surface area contributed by atoms with Gasteiger partial charge in [-0.15, -0.1) is 0 Å². The van der Waals surface area contributed by atoms with Gasteiger partial charge in [0.1, 0.15) is 5.69 Å². The van der Waals surface area contributed by atoms with Crippen LogP contribution in [-0.4, -0.2) is 22.4 Å². The van der Waals surface area contributed by atoms with E-state index in [0.717, 1.165) is 16.8 Å². The van der Waals surface area contributed by atoms with Crippen LogP contribution in [0.1, 0.15) is 35.9 Å². The standard InChI is InChI=1S/C14H14F2N2O3/c1-3-21-14(20)11-7-12(19)18(17-11)8(2)9-5-4-6-10(15)13(9)16/h4-8,17H,3H2,1-2H3. The zero-order valence-corrected chi connectivity index (χ0v) is 11.5. The van der Waals surface area contributed by atoms with Crippen molar-refractivity contribution in [2.24, 2.45) is 0 Å². The van der Waals surface area contributed by atoms with Crippen LogP contribution in [0, 0.1) is 11.6 Å². The quantitative estimate of drug-likeness (QED) is 0.880. The van der Waals surface area contributed by atoms with E-state index >= 15 is 0 Å². The van der Waals surface area contributed by atoms with Crippen molar-refractivity contribution in [3.63, 3.8) is 0 Å². The van der Waals surface area contributed by atoms with Crippen LogP contribution in [0.25, 0.3) is 0 Å². The molecule has 5 nitrogen and oxygen atoms in total. The number of rotatable bonds is 4. The number of carbonyl (C=O) groups is 1. The fraction of sp³-hybridized carbons (Fsp3) is 0.286. The Balaban J connectivity index is 2.40. The minimum Gasteiger partial charge on any atom is -0.461 e. The number of nitrogens with zero attached hydrogens (tertiary/aromatic N) is 1. The van der Waals surface area contributed by atoms with Crippen LogP contribution in [0.5, 0.6) is 0 Å². The molecule has 0 bridgehead atoms. The number of hydrogen-bond acceptors (Lipinski definition) is 3. The highest BCUT2D eigenvalue weighted by Crippen LogP contribution is 2.21. The molecule has 0 fully saturated rings. The lowest BCUT2D eigenvalue weighted by molar-refractivity contribution is 0.0518. The molecule has 0 aliphatic rings. The molecular weight excluding hydrogens is 282 g/mol. The lowest BCUT2D eigenvalue weighted by Gasteiger charge is -2.14. The molecule has 2 rings (SSSR count). The number of benzene rings is 1. The minimum atomic E-state index is -1.02. The monoisotopic (exact) mass is 296 g/mol. The van der Waals surface area contributed by atoms with Gasteiger partial charge in [-0.1, -0.05) is 12.1 Å². The average molecular weight is 296 g/mol. The van der Waals surface area contributed by atoms with E-state index in [2.05, 4.69) is 5.10 Å². The highest BCUT2D eigenvalue weighted by atomic mass is 19.2. The summed E-state index contributed by atoms with van der Waals surface area (Å²) in [5.41, 5.74) is -0.561. The normalized spacial score (nSPS) is 12.2. The summed E-state index contributed by atoms with van der Waals surface area (Å²) >= 11 is 0. The Morgan fingerprint density at radius 2 is 2.14 bits per heavy atom. The van der Waals surface area contributed by atoms with Gasteiger partial charge < -0.3 is 4.74 Å². The van der Waals surface area contributed by atoms with Gasteiger partial charge in [0.05, 0.1) is 12.6 Å². The topological polar surface area (TPSA) is 64.1 Å². The zero-order chi connectivity index (χ0) is 15.6. The van der Waals surface area contributed by atoms with Crippen molar-refractivity contribution in [1.82, 2.24) is 9.78 Å². The smallest absolute Gasteiger partial charge is 0.356 e. The third-order valence-corrected chi connectivity index (χ3v) is 3.06. The van der Waals surface area contributed by atoms with Crippen molar-refractivity contribution in [2.75, 3.05) is 6.61 Å². The lowest BCUT2D eigenvalue weighted by Crippen LogP contribution is -2.22. The average Bonchev–Trinajstić information content (AvgIpc) is 2.83. The molecule has 2 aromatic rings. The van der Waals surface area contributed by atoms with Gasteiger partial charge in [-0.05, 0) is 19.9 Å². The fourth-order valence-corrected chi connectivity index (χ4v) is 1.99. The van der Waals surface area contributed by atoms with Gasteiger partial charge in [0, 0.05) is 11.6 Å². The number of ether oxygens (including phenoxy) is 1. The molecule has 7 heteroatoms. The van der Waals surface area contributed by atoms with Crippen molar-refractivity contribution < 1.29 is 18.3 Å². The van der Waals surface area contributed by atoms with Crippen molar-refractivity contribution in [3.05, 3.63) is 57.5 Å². The molecule has 21 heavy (non-hydrogen) atoms. The summed E-state index contributed by atoms with van der Waals surface area (Å²) < 4.78 is 32.8. The molecule has 0 saturated heterocycles. The Morgan fingerprint density at radius 3 is 2.81 bits per heavy atom. The molecule has 0 amide bonds. The maximum Gasteiger partial charge on any atom is 0.356 e. The Labute approximate surface area is 119 Å². The number of carbonyl (C=O) groups excluding carboxylic acids is 1. The van der Waals surface area contributed by atoms with Crippen LogP contribution in [0.3, 0.4) is 0 Å². The van der Waals surface area contributed by atoms with E-state index in [-0.39, 0.29) is 17.9 Å².